The minimum Gasteiger partial charge on any atom is -0.507 e. The third-order valence-corrected chi connectivity index (χ3v) is 3.22. The first-order valence-corrected chi connectivity index (χ1v) is 5.99. The first-order chi connectivity index (χ1) is 8.90. The Bertz CT molecular complexity index is 573. The lowest BCUT2D eigenvalue weighted by molar-refractivity contribution is -0.123. The summed E-state index contributed by atoms with van der Waals surface area (Å²) in [5.41, 5.74) is 0.317. The minimum absolute atomic E-state index is 0.154. The summed E-state index contributed by atoms with van der Waals surface area (Å²) in [6, 6.07) is 4.18. The number of aromatic hydroxyl groups is 1. The Labute approximate surface area is 114 Å². The van der Waals surface area contributed by atoms with Crippen LogP contribution in [-0.4, -0.2) is 33.7 Å². The largest absolute Gasteiger partial charge is 0.507 e. The number of carbonyl (C=O) groups excluding carboxylic acids is 1. The van der Waals surface area contributed by atoms with Gasteiger partial charge in [0, 0.05) is 12.2 Å². The number of thiocarbonyl (C=S) groups is 1. The highest BCUT2D eigenvalue weighted by Crippen LogP contribution is 2.26. The second kappa shape index (κ2) is 4.85. The molecule has 0 radical (unpaired) electrons. The molecule has 1 heterocycles. The summed E-state index contributed by atoms with van der Waals surface area (Å²) in [7, 11) is 0. The van der Waals surface area contributed by atoms with E-state index in [1.54, 1.807) is 17.9 Å². The molecule has 0 spiro atoms. The van der Waals surface area contributed by atoms with Crippen LogP contribution in [0, 0.1) is 5.92 Å². The van der Waals surface area contributed by atoms with Crippen LogP contribution in [0.1, 0.15) is 17.3 Å². The fraction of sp³-hybridized carbons (Fsp3) is 0.250. The highest BCUT2D eigenvalue weighted by Gasteiger charge is 2.28. The van der Waals surface area contributed by atoms with Crippen LogP contribution in [0.15, 0.2) is 18.2 Å². The Kier molecular flexibility index (Phi) is 3.39. The molecule has 0 aromatic heterocycles. The van der Waals surface area contributed by atoms with E-state index >= 15 is 0 Å². The van der Waals surface area contributed by atoms with E-state index in [9.17, 15) is 14.7 Å². The number of aromatic carboxylic acids is 1. The predicted octanol–water partition coefficient (Wildman–Crippen LogP) is 0.948. The van der Waals surface area contributed by atoms with Crippen molar-refractivity contribution < 1.29 is 19.8 Å². The van der Waals surface area contributed by atoms with E-state index in [-0.39, 0.29) is 28.3 Å². The van der Waals surface area contributed by atoms with Crippen LogP contribution < -0.4 is 10.2 Å². The lowest BCUT2D eigenvalue weighted by atomic mass is 10.1. The van der Waals surface area contributed by atoms with Crippen LogP contribution in [-0.2, 0) is 4.79 Å². The number of carbonyl (C=O) groups is 2. The molecule has 1 aliphatic rings. The number of anilines is 1. The molecule has 1 aliphatic heterocycles. The van der Waals surface area contributed by atoms with Crippen LogP contribution in [0.4, 0.5) is 5.69 Å². The molecule has 1 fully saturated rings. The Balaban J connectivity index is 2.36. The third kappa shape index (κ3) is 2.50. The van der Waals surface area contributed by atoms with Crippen molar-refractivity contribution in [2.45, 2.75) is 6.92 Å². The van der Waals surface area contributed by atoms with E-state index in [0.717, 1.165) is 0 Å². The van der Waals surface area contributed by atoms with E-state index in [0.29, 0.717) is 12.2 Å². The molecule has 0 aliphatic carbocycles. The van der Waals surface area contributed by atoms with E-state index < -0.39 is 5.97 Å². The Morgan fingerprint density at radius 3 is 2.84 bits per heavy atom. The average molecular weight is 280 g/mol. The highest BCUT2D eigenvalue weighted by atomic mass is 32.1. The summed E-state index contributed by atoms with van der Waals surface area (Å²) < 4.78 is 0. The van der Waals surface area contributed by atoms with E-state index in [4.69, 9.17) is 17.3 Å². The van der Waals surface area contributed by atoms with Gasteiger partial charge in [-0.15, -0.1) is 0 Å². The first-order valence-electron chi connectivity index (χ1n) is 5.59. The van der Waals surface area contributed by atoms with E-state index in [2.05, 4.69) is 5.32 Å². The van der Waals surface area contributed by atoms with Gasteiger partial charge in [-0.1, -0.05) is 6.92 Å². The number of carboxylic acids is 1. The molecule has 0 unspecified atom stereocenters. The number of hydrogen-bond donors (Lipinski definition) is 3. The van der Waals surface area contributed by atoms with Gasteiger partial charge in [0.05, 0.1) is 5.92 Å². The molecular weight excluding hydrogens is 268 g/mol. The average Bonchev–Trinajstić information content (AvgIpc) is 2.34. The van der Waals surface area contributed by atoms with Gasteiger partial charge in [-0.3, -0.25) is 4.79 Å². The highest BCUT2D eigenvalue weighted by molar-refractivity contribution is 7.80. The maximum atomic E-state index is 11.5. The number of nitrogens with zero attached hydrogens (tertiary/aromatic N) is 1. The maximum absolute atomic E-state index is 11.5. The van der Waals surface area contributed by atoms with Crippen molar-refractivity contribution >= 4 is 34.9 Å². The number of rotatable bonds is 2. The zero-order valence-corrected chi connectivity index (χ0v) is 10.9. The molecule has 2 rings (SSSR count). The summed E-state index contributed by atoms with van der Waals surface area (Å²) >= 11 is 5.07. The first kappa shape index (κ1) is 13.3. The standard InChI is InChI=1S/C12H12N2O4S/c1-6-5-14(12(19)13-10(6)16)7-2-3-9(15)8(4-7)11(17)18/h2-4,6,15H,5H2,1H3,(H,17,18)(H,13,16,19)/t6-/m1/s1. The van der Waals surface area contributed by atoms with E-state index in [1.165, 1.54) is 12.1 Å². The molecule has 1 aromatic carbocycles. The lowest BCUT2D eigenvalue weighted by Gasteiger charge is -2.33. The van der Waals surface area contributed by atoms with Gasteiger partial charge in [-0.2, -0.15) is 0 Å². The molecule has 7 heteroatoms. The molecule has 19 heavy (non-hydrogen) atoms. The van der Waals surface area contributed by atoms with Crippen LogP contribution in [0.3, 0.4) is 0 Å². The van der Waals surface area contributed by atoms with Crippen molar-refractivity contribution in [2.75, 3.05) is 11.4 Å². The van der Waals surface area contributed by atoms with Crippen LogP contribution in [0.2, 0.25) is 0 Å². The summed E-state index contributed by atoms with van der Waals surface area (Å²) in [5, 5.41) is 21.2. The number of nitrogens with one attached hydrogen (secondary N) is 1. The van der Waals surface area contributed by atoms with Gasteiger partial charge in [0.2, 0.25) is 5.91 Å². The van der Waals surface area contributed by atoms with Crippen molar-refractivity contribution in [3.63, 3.8) is 0 Å². The van der Waals surface area contributed by atoms with Crippen LogP contribution in [0.25, 0.3) is 0 Å². The monoisotopic (exact) mass is 280 g/mol. The van der Waals surface area contributed by atoms with Gasteiger partial charge >= 0.3 is 5.97 Å². The number of carboxylic acid groups (broad SMARTS) is 1. The molecule has 6 nitrogen and oxygen atoms in total. The molecule has 0 saturated carbocycles. The number of benzene rings is 1. The number of hydrogen-bond acceptors (Lipinski definition) is 4. The van der Waals surface area contributed by atoms with Gasteiger partial charge in [-0.25, -0.2) is 4.79 Å². The normalized spacial score (nSPS) is 19.2. The molecule has 0 bridgehead atoms. The van der Waals surface area contributed by atoms with Gasteiger partial charge in [0.1, 0.15) is 11.3 Å². The van der Waals surface area contributed by atoms with Gasteiger partial charge < -0.3 is 20.4 Å². The summed E-state index contributed by atoms with van der Waals surface area (Å²) in [4.78, 5) is 24.1. The van der Waals surface area contributed by atoms with Gasteiger partial charge in [0.15, 0.2) is 5.11 Å². The fourth-order valence-corrected chi connectivity index (χ4v) is 2.10. The molecule has 1 atom stereocenters. The molecular formula is C12H12N2O4S. The molecule has 3 N–H and O–H groups in total. The second-order valence-corrected chi connectivity index (χ2v) is 4.70. The SMILES string of the molecule is C[C@@H]1CN(c2ccc(O)c(C(=O)O)c2)C(=S)NC1=O. The minimum atomic E-state index is -1.22. The molecule has 1 aromatic rings. The van der Waals surface area contributed by atoms with Crippen molar-refractivity contribution in [1.29, 1.82) is 0 Å². The third-order valence-electron chi connectivity index (χ3n) is 2.90. The second-order valence-electron chi connectivity index (χ2n) is 4.31. The van der Waals surface area contributed by atoms with Crippen LogP contribution >= 0.6 is 12.2 Å². The zero-order chi connectivity index (χ0) is 14.2. The smallest absolute Gasteiger partial charge is 0.339 e. The molecule has 1 amide bonds. The Morgan fingerprint density at radius 1 is 1.53 bits per heavy atom. The van der Waals surface area contributed by atoms with Crippen molar-refractivity contribution in [3.8, 4) is 5.75 Å². The summed E-state index contributed by atoms with van der Waals surface area (Å²) in [6.07, 6.45) is 0. The molecule has 1 saturated heterocycles. The van der Waals surface area contributed by atoms with Gasteiger partial charge in [0.25, 0.3) is 0 Å². The number of amides is 1. The van der Waals surface area contributed by atoms with Crippen molar-refractivity contribution in [1.82, 2.24) is 5.32 Å². The summed E-state index contributed by atoms with van der Waals surface area (Å²) in [5.74, 6) is -1.94. The number of phenols is 1. The Morgan fingerprint density at radius 2 is 2.21 bits per heavy atom. The quantitative estimate of drug-likeness (QED) is 0.699. The van der Waals surface area contributed by atoms with Crippen molar-refractivity contribution in [3.05, 3.63) is 23.8 Å². The topological polar surface area (TPSA) is 89.9 Å². The van der Waals surface area contributed by atoms with Crippen molar-refractivity contribution in [2.24, 2.45) is 5.92 Å². The maximum Gasteiger partial charge on any atom is 0.339 e. The summed E-state index contributed by atoms with van der Waals surface area (Å²) in [6.45, 7) is 2.12. The fourth-order valence-electron chi connectivity index (χ4n) is 1.82. The Hall–Kier alpha value is -2.15. The molecule has 100 valence electrons. The van der Waals surface area contributed by atoms with Crippen LogP contribution in [0.5, 0.6) is 5.75 Å². The predicted molar refractivity (Wildman–Crippen MR) is 72.3 cm³/mol. The van der Waals surface area contributed by atoms with Gasteiger partial charge in [-0.05, 0) is 30.4 Å². The lowest BCUT2D eigenvalue weighted by Crippen LogP contribution is -2.53. The zero-order valence-electron chi connectivity index (χ0n) is 10.1. The van der Waals surface area contributed by atoms with E-state index in [1.807, 2.05) is 0 Å².